The minimum absolute atomic E-state index is 0.0463. The molecule has 1 amide bonds. The van der Waals surface area contributed by atoms with Crippen molar-refractivity contribution in [1.82, 2.24) is 5.43 Å². The van der Waals surface area contributed by atoms with Crippen molar-refractivity contribution in [2.24, 2.45) is 5.10 Å². The van der Waals surface area contributed by atoms with Gasteiger partial charge < -0.3 is 9.52 Å². The van der Waals surface area contributed by atoms with E-state index in [2.05, 4.69) is 26.5 Å². The quantitative estimate of drug-likeness (QED) is 0.483. The number of carbonyl (C=O) groups is 1. The van der Waals surface area contributed by atoms with Crippen LogP contribution in [-0.2, 0) is 0 Å². The summed E-state index contributed by atoms with van der Waals surface area (Å²) in [5.41, 5.74) is 2.40. The van der Waals surface area contributed by atoms with Gasteiger partial charge in [0.05, 0.1) is 17.3 Å². The van der Waals surface area contributed by atoms with Gasteiger partial charge in [0, 0.05) is 10.5 Å². The number of phenols is 1. The number of furan rings is 1. The van der Waals surface area contributed by atoms with E-state index in [-0.39, 0.29) is 28.4 Å². The van der Waals surface area contributed by atoms with Crippen molar-refractivity contribution >= 4 is 28.1 Å². The Morgan fingerprint density at radius 1 is 1.15 bits per heavy atom. The lowest BCUT2D eigenvalue weighted by Crippen LogP contribution is -2.17. The average molecular weight is 421 g/mol. The SMILES string of the molecule is O=C(N/N=C/c1ccc(-c2ccc(F)cc2F)o1)c1cc(Br)ccc1O. The topological polar surface area (TPSA) is 74.8 Å². The number of phenolic OH excluding ortho intramolecular Hbond substituents is 1. The van der Waals surface area contributed by atoms with Gasteiger partial charge >= 0.3 is 0 Å². The fraction of sp³-hybridized carbons (Fsp3) is 0. The first-order valence-corrected chi connectivity index (χ1v) is 8.10. The molecule has 0 aliphatic carbocycles. The molecule has 0 saturated carbocycles. The van der Waals surface area contributed by atoms with E-state index in [1.807, 2.05) is 0 Å². The van der Waals surface area contributed by atoms with Gasteiger partial charge in [-0.1, -0.05) is 15.9 Å². The fourth-order valence-corrected chi connectivity index (χ4v) is 2.52. The van der Waals surface area contributed by atoms with Crippen LogP contribution in [0.15, 0.2) is 62.5 Å². The molecule has 0 spiro atoms. The number of hydrogen-bond acceptors (Lipinski definition) is 4. The lowest BCUT2D eigenvalue weighted by molar-refractivity contribution is 0.0952. The van der Waals surface area contributed by atoms with Crippen molar-refractivity contribution in [3.63, 3.8) is 0 Å². The zero-order valence-corrected chi connectivity index (χ0v) is 14.6. The Kier molecular flexibility index (Phi) is 5.13. The monoisotopic (exact) mass is 420 g/mol. The number of aromatic hydroxyl groups is 1. The molecule has 0 atom stereocenters. The molecule has 0 fully saturated rings. The summed E-state index contributed by atoms with van der Waals surface area (Å²) in [6.45, 7) is 0. The van der Waals surface area contributed by atoms with E-state index in [0.717, 1.165) is 12.1 Å². The van der Waals surface area contributed by atoms with E-state index in [0.29, 0.717) is 4.47 Å². The molecule has 3 rings (SSSR count). The lowest BCUT2D eigenvalue weighted by atomic mass is 10.1. The van der Waals surface area contributed by atoms with E-state index in [9.17, 15) is 18.7 Å². The molecule has 0 aliphatic heterocycles. The van der Waals surface area contributed by atoms with Gasteiger partial charge in [-0.3, -0.25) is 4.79 Å². The molecule has 2 N–H and O–H groups in total. The Morgan fingerprint density at radius 3 is 2.73 bits per heavy atom. The maximum atomic E-state index is 13.7. The number of nitrogens with one attached hydrogen (secondary N) is 1. The predicted molar refractivity (Wildman–Crippen MR) is 94.9 cm³/mol. The Bertz CT molecular complexity index is 1000. The Balaban J connectivity index is 1.71. The lowest BCUT2D eigenvalue weighted by Gasteiger charge is -2.03. The molecule has 0 radical (unpaired) electrons. The van der Waals surface area contributed by atoms with Crippen LogP contribution in [0.2, 0.25) is 0 Å². The first-order chi connectivity index (χ1) is 12.4. The van der Waals surface area contributed by atoms with Gasteiger partial charge in [0.15, 0.2) is 0 Å². The summed E-state index contributed by atoms with van der Waals surface area (Å²) in [4.78, 5) is 12.0. The molecule has 0 unspecified atom stereocenters. The summed E-state index contributed by atoms with van der Waals surface area (Å²) >= 11 is 3.21. The highest BCUT2D eigenvalue weighted by Crippen LogP contribution is 2.25. The van der Waals surface area contributed by atoms with E-state index >= 15 is 0 Å². The Labute approximate surface area is 155 Å². The number of amides is 1. The molecule has 3 aromatic rings. The maximum absolute atomic E-state index is 13.7. The predicted octanol–water partition coefficient (Wildman–Crippen LogP) is 4.46. The maximum Gasteiger partial charge on any atom is 0.275 e. The van der Waals surface area contributed by atoms with E-state index < -0.39 is 17.5 Å². The van der Waals surface area contributed by atoms with Gasteiger partial charge in [-0.05, 0) is 42.5 Å². The third-order valence-electron chi connectivity index (χ3n) is 3.38. The first kappa shape index (κ1) is 17.8. The van der Waals surface area contributed by atoms with Crippen LogP contribution >= 0.6 is 15.9 Å². The van der Waals surface area contributed by atoms with E-state index in [1.54, 1.807) is 6.07 Å². The molecule has 0 aliphatic rings. The number of benzene rings is 2. The van der Waals surface area contributed by atoms with Crippen LogP contribution in [-0.4, -0.2) is 17.2 Å². The third-order valence-corrected chi connectivity index (χ3v) is 3.88. The molecule has 132 valence electrons. The Morgan fingerprint density at radius 2 is 1.96 bits per heavy atom. The van der Waals surface area contributed by atoms with Crippen molar-refractivity contribution in [3.05, 3.63) is 76.0 Å². The molecular formula is C18H11BrF2N2O3. The van der Waals surface area contributed by atoms with E-state index in [1.165, 1.54) is 36.5 Å². The largest absolute Gasteiger partial charge is 0.507 e. The Hall–Kier alpha value is -3.00. The zero-order chi connectivity index (χ0) is 18.7. The second-order valence-corrected chi connectivity index (χ2v) is 6.10. The molecule has 0 saturated heterocycles. The molecular weight excluding hydrogens is 410 g/mol. The third kappa shape index (κ3) is 3.97. The van der Waals surface area contributed by atoms with Crippen LogP contribution in [0.3, 0.4) is 0 Å². The van der Waals surface area contributed by atoms with Gasteiger partial charge in [0.2, 0.25) is 0 Å². The summed E-state index contributed by atoms with van der Waals surface area (Å²) in [6.07, 6.45) is 1.22. The summed E-state index contributed by atoms with van der Waals surface area (Å²) in [6, 6.07) is 10.6. The summed E-state index contributed by atoms with van der Waals surface area (Å²) in [7, 11) is 0. The number of hydrazone groups is 1. The number of rotatable bonds is 4. The van der Waals surface area contributed by atoms with Crippen LogP contribution < -0.4 is 5.43 Å². The van der Waals surface area contributed by atoms with Gasteiger partial charge in [0.1, 0.15) is 28.9 Å². The van der Waals surface area contributed by atoms with Crippen LogP contribution in [0, 0.1) is 11.6 Å². The normalized spacial score (nSPS) is 11.0. The fourth-order valence-electron chi connectivity index (χ4n) is 2.16. The molecule has 1 heterocycles. The van der Waals surface area contributed by atoms with Gasteiger partial charge in [-0.2, -0.15) is 5.10 Å². The van der Waals surface area contributed by atoms with Gasteiger partial charge in [0.25, 0.3) is 5.91 Å². The van der Waals surface area contributed by atoms with Crippen LogP contribution in [0.5, 0.6) is 5.75 Å². The smallest absolute Gasteiger partial charge is 0.275 e. The van der Waals surface area contributed by atoms with Crippen molar-refractivity contribution < 1.29 is 23.1 Å². The molecule has 0 bridgehead atoms. The van der Waals surface area contributed by atoms with E-state index in [4.69, 9.17) is 4.42 Å². The highest BCUT2D eigenvalue weighted by molar-refractivity contribution is 9.10. The summed E-state index contributed by atoms with van der Waals surface area (Å²) in [5, 5.41) is 13.4. The van der Waals surface area contributed by atoms with Crippen molar-refractivity contribution in [2.45, 2.75) is 0 Å². The zero-order valence-electron chi connectivity index (χ0n) is 13.0. The average Bonchev–Trinajstić information content (AvgIpc) is 3.05. The minimum Gasteiger partial charge on any atom is -0.507 e. The molecule has 2 aromatic carbocycles. The standard InChI is InChI=1S/C18H11BrF2N2O3/c19-10-1-5-16(24)14(7-10)18(25)23-22-9-12-3-6-17(26-12)13-4-2-11(20)8-15(13)21/h1-9,24H,(H,23,25)/b22-9+. The van der Waals surface area contributed by atoms with Gasteiger partial charge in [-0.25, -0.2) is 14.2 Å². The van der Waals surface area contributed by atoms with Crippen molar-refractivity contribution in [1.29, 1.82) is 0 Å². The second kappa shape index (κ2) is 7.49. The first-order valence-electron chi connectivity index (χ1n) is 7.31. The summed E-state index contributed by atoms with van der Waals surface area (Å²) < 4.78 is 32.7. The molecule has 26 heavy (non-hydrogen) atoms. The number of nitrogens with zero attached hydrogens (tertiary/aromatic N) is 1. The van der Waals surface area contributed by atoms with Crippen molar-refractivity contribution in [2.75, 3.05) is 0 Å². The van der Waals surface area contributed by atoms with Crippen molar-refractivity contribution in [3.8, 4) is 17.1 Å². The summed E-state index contributed by atoms with van der Waals surface area (Å²) in [5.74, 6) is -1.79. The number of halogens is 3. The second-order valence-electron chi connectivity index (χ2n) is 5.19. The van der Waals surface area contributed by atoms with Gasteiger partial charge in [-0.15, -0.1) is 0 Å². The van der Waals surface area contributed by atoms with Crippen LogP contribution in [0.1, 0.15) is 16.1 Å². The molecule has 5 nitrogen and oxygen atoms in total. The highest BCUT2D eigenvalue weighted by Gasteiger charge is 2.12. The minimum atomic E-state index is -0.749. The van der Waals surface area contributed by atoms with Crippen LogP contribution in [0.4, 0.5) is 8.78 Å². The number of carbonyl (C=O) groups excluding carboxylic acids is 1. The molecule has 8 heteroatoms. The van der Waals surface area contributed by atoms with Crippen LogP contribution in [0.25, 0.3) is 11.3 Å². The number of hydrogen-bond donors (Lipinski definition) is 2. The highest BCUT2D eigenvalue weighted by atomic mass is 79.9. The molecule has 1 aromatic heterocycles.